The molecule has 0 saturated heterocycles. The van der Waals surface area contributed by atoms with E-state index in [0.717, 1.165) is 11.1 Å². The summed E-state index contributed by atoms with van der Waals surface area (Å²) in [7, 11) is -2.14. The van der Waals surface area contributed by atoms with Crippen molar-refractivity contribution in [3.8, 4) is 0 Å². The Morgan fingerprint density at radius 3 is 2.34 bits per heavy atom. The third-order valence-corrected chi connectivity index (χ3v) is 6.13. The van der Waals surface area contributed by atoms with Gasteiger partial charge >= 0.3 is 5.97 Å². The summed E-state index contributed by atoms with van der Waals surface area (Å²) in [4.78, 5) is 26.0. The number of carbonyl (C=O) groups is 2. The van der Waals surface area contributed by atoms with Gasteiger partial charge in [0.25, 0.3) is 5.91 Å². The van der Waals surface area contributed by atoms with E-state index in [2.05, 4.69) is 4.72 Å². The van der Waals surface area contributed by atoms with Gasteiger partial charge in [0, 0.05) is 13.6 Å². The van der Waals surface area contributed by atoms with Gasteiger partial charge in [0.05, 0.1) is 23.3 Å². The number of carbonyl (C=O) groups excluding carboxylic acids is 2. The summed E-state index contributed by atoms with van der Waals surface area (Å²) in [6.07, 6.45) is 1.45. The Balaban J connectivity index is 1.51. The summed E-state index contributed by atoms with van der Waals surface area (Å²) < 4.78 is 37.3. The number of amides is 1. The summed E-state index contributed by atoms with van der Waals surface area (Å²) in [5.41, 5.74) is 2.24. The molecule has 168 valence electrons. The number of likely N-dealkylation sites (N-methyl/N-ethyl adjacent to an activating group) is 1. The maximum absolute atomic E-state index is 12.3. The zero-order valence-electron chi connectivity index (χ0n) is 17.8. The van der Waals surface area contributed by atoms with Gasteiger partial charge in [-0.15, -0.1) is 0 Å². The average molecular weight is 457 g/mol. The minimum atomic E-state index is -3.77. The molecule has 1 heterocycles. The van der Waals surface area contributed by atoms with E-state index >= 15 is 0 Å². The van der Waals surface area contributed by atoms with Crippen molar-refractivity contribution < 1.29 is 27.2 Å². The molecule has 0 saturated carbocycles. The molecule has 1 N–H and O–H groups in total. The first-order valence-corrected chi connectivity index (χ1v) is 11.3. The minimum Gasteiger partial charge on any atom is -0.468 e. The number of rotatable bonds is 9. The summed E-state index contributed by atoms with van der Waals surface area (Å²) >= 11 is 0. The number of aryl methyl sites for hydroxylation is 1. The predicted molar refractivity (Wildman–Crippen MR) is 117 cm³/mol. The molecule has 0 aliphatic heterocycles. The van der Waals surface area contributed by atoms with E-state index < -0.39 is 22.6 Å². The lowest BCUT2D eigenvalue weighted by atomic mass is 10.1. The molecule has 0 spiro atoms. The van der Waals surface area contributed by atoms with Gasteiger partial charge in [-0.1, -0.05) is 29.8 Å². The topological polar surface area (TPSA) is 106 Å². The second kappa shape index (κ2) is 10.3. The Hall–Kier alpha value is -3.43. The van der Waals surface area contributed by atoms with E-state index in [4.69, 9.17) is 9.15 Å². The molecule has 2 aromatic carbocycles. The standard InChI is InChI=1S/C23H24N2O6S/c1-17-5-7-18(8-6-17)15-25(2)22(26)16-31-23(27)19-9-11-21(12-10-19)32(28,29)24-14-20-4-3-13-30-20/h3-13,24H,14-16H2,1-2H3. The highest BCUT2D eigenvalue weighted by atomic mass is 32.2. The van der Waals surface area contributed by atoms with Crippen LogP contribution in [0.5, 0.6) is 0 Å². The number of furan rings is 1. The van der Waals surface area contributed by atoms with Crippen LogP contribution >= 0.6 is 0 Å². The van der Waals surface area contributed by atoms with Gasteiger partial charge in [0.15, 0.2) is 6.61 Å². The molecule has 0 aliphatic carbocycles. The van der Waals surface area contributed by atoms with Crippen molar-refractivity contribution in [3.63, 3.8) is 0 Å². The Morgan fingerprint density at radius 1 is 1.03 bits per heavy atom. The minimum absolute atomic E-state index is 0.00508. The SMILES string of the molecule is Cc1ccc(CN(C)C(=O)COC(=O)c2ccc(S(=O)(=O)NCc3ccco3)cc2)cc1. The lowest BCUT2D eigenvalue weighted by molar-refractivity contribution is -0.133. The average Bonchev–Trinajstić information content (AvgIpc) is 3.31. The zero-order chi connectivity index (χ0) is 23.1. The molecule has 0 atom stereocenters. The van der Waals surface area contributed by atoms with Gasteiger partial charge in [-0.3, -0.25) is 4.79 Å². The van der Waals surface area contributed by atoms with Crippen LogP contribution in [0.25, 0.3) is 0 Å². The van der Waals surface area contributed by atoms with E-state index in [1.807, 2.05) is 31.2 Å². The third-order valence-electron chi connectivity index (χ3n) is 4.71. The highest BCUT2D eigenvalue weighted by molar-refractivity contribution is 7.89. The van der Waals surface area contributed by atoms with E-state index in [-0.39, 0.29) is 22.9 Å². The first-order valence-electron chi connectivity index (χ1n) is 9.83. The number of nitrogens with zero attached hydrogens (tertiary/aromatic N) is 1. The maximum atomic E-state index is 12.3. The first kappa shape index (κ1) is 23.2. The van der Waals surface area contributed by atoms with E-state index in [1.54, 1.807) is 19.2 Å². The third kappa shape index (κ3) is 6.29. The van der Waals surface area contributed by atoms with Crippen LogP contribution < -0.4 is 4.72 Å². The highest BCUT2D eigenvalue weighted by Gasteiger charge is 2.17. The largest absolute Gasteiger partial charge is 0.468 e. The Kier molecular flexibility index (Phi) is 7.45. The van der Waals surface area contributed by atoms with Crippen LogP contribution in [0.1, 0.15) is 27.2 Å². The number of sulfonamides is 1. The molecule has 3 aromatic rings. The Bertz CT molecular complexity index is 1150. The van der Waals surface area contributed by atoms with Crippen LogP contribution in [0.3, 0.4) is 0 Å². The lowest BCUT2D eigenvalue weighted by Gasteiger charge is -2.17. The molecule has 8 nitrogen and oxygen atoms in total. The lowest BCUT2D eigenvalue weighted by Crippen LogP contribution is -2.30. The summed E-state index contributed by atoms with van der Waals surface area (Å²) in [5.74, 6) is -0.583. The number of ether oxygens (including phenoxy) is 1. The highest BCUT2D eigenvalue weighted by Crippen LogP contribution is 2.13. The fourth-order valence-corrected chi connectivity index (χ4v) is 3.80. The molecule has 1 aromatic heterocycles. The number of hydrogen-bond acceptors (Lipinski definition) is 6. The molecule has 0 aliphatic rings. The number of hydrogen-bond donors (Lipinski definition) is 1. The van der Waals surface area contributed by atoms with Gasteiger partial charge in [0.1, 0.15) is 5.76 Å². The summed E-state index contributed by atoms with van der Waals surface area (Å²) in [5, 5.41) is 0. The van der Waals surface area contributed by atoms with Crippen molar-refractivity contribution in [1.82, 2.24) is 9.62 Å². The van der Waals surface area contributed by atoms with Gasteiger partial charge in [-0.25, -0.2) is 17.9 Å². The van der Waals surface area contributed by atoms with Gasteiger partial charge in [-0.05, 0) is 48.9 Å². The Morgan fingerprint density at radius 2 is 1.72 bits per heavy atom. The molecule has 3 rings (SSSR count). The molecule has 0 unspecified atom stereocenters. The normalized spacial score (nSPS) is 11.2. The van der Waals surface area contributed by atoms with Crippen molar-refractivity contribution in [2.75, 3.05) is 13.7 Å². The van der Waals surface area contributed by atoms with Crippen LogP contribution in [-0.2, 0) is 32.6 Å². The van der Waals surface area contributed by atoms with Crippen LogP contribution in [0.15, 0.2) is 76.2 Å². The fraction of sp³-hybridized carbons (Fsp3) is 0.217. The van der Waals surface area contributed by atoms with Crippen molar-refractivity contribution in [2.24, 2.45) is 0 Å². The monoisotopic (exact) mass is 456 g/mol. The number of esters is 1. The van der Waals surface area contributed by atoms with Crippen LogP contribution in [0.4, 0.5) is 0 Å². The smallest absolute Gasteiger partial charge is 0.338 e. The predicted octanol–water partition coefficient (Wildman–Crippen LogP) is 2.88. The molecule has 0 bridgehead atoms. The Labute approximate surface area is 186 Å². The van der Waals surface area contributed by atoms with Gasteiger partial charge in [-0.2, -0.15) is 0 Å². The summed E-state index contributed by atoms with van der Waals surface area (Å²) in [6.45, 7) is 1.98. The van der Waals surface area contributed by atoms with E-state index in [0.29, 0.717) is 12.3 Å². The molecule has 0 fully saturated rings. The molecule has 9 heteroatoms. The molecule has 0 radical (unpaired) electrons. The number of nitrogens with one attached hydrogen (secondary N) is 1. The van der Waals surface area contributed by atoms with Crippen molar-refractivity contribution >= 4 is 21.9 Å². The second-order valence-corrected chi connectivity index (χ2v) is 9.01. The second-order valence-electron chi connectivity index (χ2n) is 7.24. The summed E-state index contributed by atoms with van der Waals surface area (Å²) in [6, 6.07) is 16.4. The fourth-order valence-electron chi connectivity index (χ4n) is 2.81. The van der Waals surface area contributed by atoms with Crippen molar-refractivity contribution in [2.45, 2.75) is 24.9 Å². The van der Waals surface area contributed by atoms with Crippen LogP contribution in [0.2, 0.25) is 0 Å². The maximum Gasteiger partial charge on any atom is 0.338 e. The molecule has 32 heavy (non-hydrogen) atoms. The molecular weight excluding hydrogens is 432 g/mol. The zero-order valence-corrected chi connectivity index (χ0v) is 18.6. The van der Waals surface area contributed by atoms with E-state index in [9.17, 15) is 18.0 Å². The van der Waals surface area contributed by atoms with Crippen LogP contribution in [-0.4, -0.2) is 38.8 Å². The van der Waals surface area contributed by atoms with E-state index in [1.165, 1.54) is 35.4 Å². The molecular formula is C23H24N2O6S. The van der Waals surface area contributed by atoms with Crippen LogP contribution in [0, 0.1) is 6.92 Å². The molecule has 1 amide bonds. The first-order chi connectivity index (χ1) is 15.2. The van der Waals surface area contributed by atoms with Crippen molar-refractivity contribution in [3.05, 3.63) is 89.4 Å². The van der Waals surface area contributed by atoms with Gasteiger partial charge < -0.3 is 14.1 Å². The van der Waals surface area contributed by atoms with Crippen molar-refractivity contribution in [1.29, 1.82) is 0 Å². The number of benzene rings is 2. The van der Waals surface area contributed by atoms with Gasteiger partial charge in [0.2, 0.25) is 10.0 Å². The quantitative estimate of drug-likeness (QED) is 0.497.